The molecule has 0 aliphatic heterocycles. The van der Waals surface area contributed by atoms with E-state index in [9.17, 15) is 14.4 Å². The van der Waals surface area contributed by atoms with Crippen LogP contribution in [0.25, 0.3) is 11.0 Å². The predicted molar refractivity (Wildman–Crippen MR) is 99.9 cm³/mol. The Morgan fingerprint density at radius 3 is 2.77 bits per heavy atom. The number of aliphatic carboxylic acids is 1. The highest BCUT2D eigenvalue weighted by molar-refractivity contribution is 7.98. The Kier molecular flexibility index (Phi) is 7.08. The van der Waals surface area contributed by atoms with Crippen molar-refractivity contribution in [1.82, 2.24) is 5.32 Å². The largest absolute Gasteiger partial charge is 0.484 e. The van der Waals surface area contributed by atoms with Crippen molar-refractivity contribution in [3.8, 4) is 5.75 Å². The molecule has 0 saturated heterocycles. The van der Waals surface area contributed by atoms with Crippen LogP contribution in [0.2, 0.25) is 0 Å². The Balaban J connectivity index is 2.03. The van der Waals surface area contributed by atoms with Gasteiger partial charge in [-0.15, -0.1) is 0 Å². The van der Waals surface area contributed by atoms with Crippen LogP contribution in [-0.4, -0.2) is 41.6 Å². The zero-order valence-electron chi connectivity index (χ0n) is 14.6. The van der Waals surface area contributed by atoms with Crippen molar-refractivity contribution in [3.05, 3.63) is 40.2 Å². The van der Waals surface area contributed by atoms with E-state index in [0.717, 1.165) is 10.9 Å². The molecule has 1 heterocycles. The summed E-state index contributed by atoms with van der Waals surface area (Å²) in [6.07, 6.45) is 2.90. The summed E-state index contributed by atoms with van der Waals surface area (Å²) in [7, 11) is 0. The van der Waals surface area contributed by atoms with E-state index < -0.39 is 23.5 Å². The number of ether oxygens (including phenoxy) is 1. The summed E-state index contributed by atoms with van der Waals surface area (Å²) in [5, 5.41) is 12.4. The van der Waals surface area contributed by atoms with Gasteiger partial charge in [0.05, 0.1) is 0 Å². The minimum atomic E-state index is -1.08. The normalized spacial score (nSPS) is 11.9. The topological polar surface area (TPSA) is 106 Å². The summed E-state index contributed by atoms with van der Waals surface area (Å²) < 4.78 is 10.6. The number of carbonyl (C=O) groups excluding carboxylic acids is 1. The maximum atomic E-state index is 11.9. The molecular formula is C18H21NO6S. The molecule has 1 aromatic heterocycles. The lowest BCUT2D eigenvalue weighted by Crippen LogP contribution is -2.43. The van der Waals surface area contributed by atoms with Crippen molar-refractivity contribution in [3.63, 3.8) is 0 Å². The molecule has 26 heavy (non-hydrogen) atoms. The van der Waals surface area contributed by atoms with Crippen molar-refractivity contribution >= 4 is 34.6 Å². The van der Waals surface area contributed by atoms with Crippen molar-refractivity contribution in [2.24, 2.45) is 0 Å². The smallest absolute Gasteiger partial charge is 0.336 e. The highest BCUT2D eigenvalue weighted by atomic mass is 32.2. The van der Waals surface area contributed by atoms with Gasteiger partial charge in [0.15, 0.2) is 6.61 Å². The van der Waals surface area contributed by atoms with Crippen LogP contribution in [0, 0.1) is 0 Å². The average molecular weight is 379 g/mol. The molecule has 1 aromatic carbocycles. The third-order valence-corrected chi connectivity index (χ3v) is 4.44. The first kappa shape index (κ1) is 19.8. The second kappa shape index (κ2) is 9.28. The maximum absolute atomic E-state index is 11.9. The Labute approximate surface area is 154 Å². The number of carboxylic acid groups (broad SMARTS) is 1. The van der Waals surface area contributed by atoms with Crippen LogP contribution >= 0.6 is 11.8 Å². The van der Waals surface area contributed by atoms with Crippen LogP contribution in [0.5, 0.6) is 5.75 Å². The van der Waals surface area contributed by atoms with Crippen LogP contribution in [0.1, 0.15) is 18.9 Å². The van der Waals surface area contributed by atoms with Gasteiger partial charge in [-0.1, -0.05) is 6.92 Å². The molecule has 140 valence electrons. The van der Waals surface area contributed by atoms with Crippen LogP contribution in [0.15, 0.2) is 33.5 Å². The van der Waals surface area contributed by atoms with E-state index in [-0.39, 0.29) is 6.61 Å². The number of hydrogen-bond acceptors (Lipinski definition) is 6. The number of nitrogens with one attached hydrogen (secondary N) is 1. The van der Waals surface area contributed by atoms with Crippen LogP contribution in [0.3, 0.4) is 0 Å². The standard InChI is InChI=1S/C18H21NO6S/c1-3-11-8-17(21)25-15-9-12(4-5-13(11)15)24-10-16(20)19-14(18(22)23)6-7-26-2/h4-5,8-9,14H,3,6-7,10H2,1-2H3,(H,19,20)(H,22,23)/t14-/m0/s1. The number of hydrogen-bond donors (Lipinski definition) is 2. The lowest BCUT2D eigenvalue weighted by Gasteiger charge is -2.14. The molecule has 0 bridgehead atoms. The monoisotopic (exact) mass is 379 g/mol. The van der Waals surface area contributed by atoms with E-state index in [0.29, 0.717) is 29.9 Å². The van der Waals surface area contributed by atoms with E-state index in [1.807, 2.05) is 13.2 Å². The number of rotatable bonds is 9. The van der Waals surface area contributed by atoms with Crippen LogP contribution in [-0.2, 0) is 16.0 Å². The van der Waals surface area contributed by atoms with Gasteiger partial charge in [0.1, 0.15) is 17.4 Å². The summed E-state index contributed by atoms with van der Waals surface area (Å²) in [5.74, 6) is -0.615. The molecule has 0 fully saturated rings. The number of aryl methyl sites for hydroxylation is 1. The van der Waals surface area contributed by atoms with Crippen molar-refractivity contribution in [2.75, 3.05) is 18.6 Å². The highest BCUT2D eigenvalue weighted by Crippen LogP contribution is 2.23. The average Bonchev–Trinajstić information content (AvgIpc) is 2.62. The highest BCUT2D eigenvalue weighted by Gasteiger charge is 2.19. The van der Waals surface area contributed by atoms with E-state index in [1.54, 1.807) is 18.2 Å². The molecule has 0 unspecified atom stereocenters. The van der Waals surface area contributed by atoms with Crippen molar-refractivity contribution < 1.29 is 23.8 Å². The van der Waals surface area contributed by atoms with Gasteiger partial charge in [0, 0.05) is 17.5 Å². The molecular weight excluding hydrogens is 358 g/mol. The number of carboxylic acids is 1. The molecule has 8 heteroatoms. The Bertz CT molecular complexity index is 847. The number of thioether (sulfide) groups is 1. The fraction of sp³-hybridized carbons (Fsp3) is 0.389. The Hall–Kier alpha value is -2.48. The van der Waals surface area contributed by atoms with Gasteiger partial charge in [0.25, 0.3) is 5.91 Å². The van der Waals surface area contributed by atoms with Crippen molar-refractivity contribution in [2.45, 2.75) is 25.8 Å². The van der Waals surface area contributed by atoms with Gasteiger partial charge >= 0.3 is 11.6 Å². The van der Waals surface area contributed by atoms with E-state index >= 15 is 0 Å². The van der Waals surface area contributed by atoms with Crippen LogP contribution < -0.4 is 15.7 Å². The van der Waals surface area contributed by atoms with Gasteiger partial charge in [-0.3, -0.25) is 4.79 Å². The van der Waals surface area contributed by atoms with E-state index in [1.165, 1.54) is 17.8 Å². The quantitative estimate of drug-likeness (QED) is 0.642. The van der Waals surface area contributed by atoms with Gasteiger partial charge in [0.2, 0.25) is 0 Å². The zero-order valence-corrected chi connectivity index (χ0v) is 15.4. The molecule has 0 spiro atoms. The summed E-state index contributed by atoms with van der Waals surface area (Å²) in [6, 6.07) is 5.50. The summed E-state index contributed by atoms with van der Waals surface area (Å²) in [5.41, 5.74) is 0.816. The molecule has 1 atom stereocenters. The van der Waals surface area contributed by atoms with Crippen LogP contribution in [0.4, 0.5) is 0 Å². The molecule has 0 aliphatic carbocycles. The molecule has 7 nitrogen and oxygen atoms in total. The first-order valence-electron chi connectivity index (χ1n) is 8.15. The Morgan fingerprint density at radius 1 is 1.35 bits per heavy atom. The molecule has 2 aromatic rings. The van der Waals surface area contributed by atoms with Gasteiger partial charge in [-0.05, 0) is 42.5 Å². The molecule has 2 rings (SSSR count). The number of carbonyl (C=O) groups is 2. The SMILES string of the molecule is CCc1cc(=O)oc2cc(OCC(=O)N[C@@H](CCSC)C(=O)O)ccc12. The van der Waals surface area contributed by atoms with Gasteiger partial charge in [-0.25, -0.2) is 9.59 Å². The zero-order chi connectivity index (χ0) is 19.1. The number of fused-ring (bicyclic) bond motifs is 1. The van der Waals surface area contributed by atoms with Gasteiger partial charge < -0.3 is 19.6 Å². The summed E-state index contributed by atoms with van der Waals surface area (Å²) in [4.78, 5) is 34.7. The second-order valence-corrected chi connectivity index (χ2v) is 6.62. The molecule has 0 aliphatic rings. The summed E-state index contributed by atoms with van der Waals surface area (Å²) >= 11 is 1.51. The minimum Gasteiger partial charge on any atom is -0.484 e. The third-order valence-electron chi connectivity index (χ3n) is 3.80. The fourth-order valence-corrected chi connectivity index (χ4v) is 2.94. The van der Waals surface area contributed by atoms with E-state index in [2.05, 4.69) is 5.32 Å². The molecule has 0 saturated carbocycles. The molecule has 2 N–H and O–H groups in total. The first-order valence-corrected chi connectivity index (χ1v) is 9.54. The van der Waals surface area contributed by atoms with Crippen molar-refractivity contribution in [1.29, 1.82) is 0 Å². The molecule has 1 amide bonds. The van der Waals surface area contributed by atoms with Gasteiger partial charge in [-0.2, -0.15) is 11.8 Å². The lowest BCUT2D eigenvalue weighted by atomic mass is 10.1. The number of benzene rings is 1. The van der Waals surface area contributed by atoms with E-state index in [4.69, 9.17) is 14.3 Å². The first-order chi connectivity index (χ1) is 12.4. The predicted octanol–water partition coefficient (Wildman–Crippen LogP) is 2.06. The maximum Gasteiger partial charge on any atom is 0.336 e. The Morgan fingerprint density at radius 2 is 2.12 bits per heavy atom. The number of amides is 1. The minimum absolute atomic E-state index is 0.327. The molecule has 0 radical (unpaired) electrons. The summed E-state index contributed by atoms with van der Waals surface area (Å²) in [6.45, 7) is 1.62. The fourth-order valence-electron chi connectivity index (χ4n) is 2.47. The lowest BCUT2D eigenvalue weighted by molar-refractivity contribution is -0.142. The third kappa shape index (κ3) is 5.26. The second-order valence-electron chi connectivity index (χ2n) is 5.63.